The Balaban J connectivity index is 1.71. The van der Waals surface area contributed by atoms with E-state index in [1.54, 1.807) is 0 Å². The van der Waals surface area contributed by atoms with Gasteiger partial charge in [0.05, 0.1) is 11.3 Å². The van der Waals surface area contributed by atoms with Crippen LogP contribution < -0.4 is 10.6 Å². The normalized spacial score (nSPS) is 17.3. The van der Waals surface area contributed by atoms with Crippen molar-refractivity contribution in [3.05, 3.63) is 17.0 Å². The molecule has 1 aliphatic rings. The average Bonchev–Trinajstić information content (AvgIpc) is 2.72. The van der Waals surface area contributed by atoms with E-state index in [1.165, 1.54) is 12.0 Å². The Morgan fingerprint density at radius 2 is 1.95 bits per heavy atom. The molecule has 3 N–H and O–H groups in total. The number of carbonyl (C=O) groups is 1. The molecular weight excluding hydrogens is 280 g/mol. The second kappa shape index (κ2) is 7.13. The summed E-state index contributed by atoms with van der Waals surface area (Å²) in [5, 5.41) is 20.4. The van der Waals surface area contributed by atoms with E-state index in [2.05, 4.69) is 15.7 Å². The third kappa shape index (κ3) is 4.22. The molecular formula is C16H28N4O2. The second-order valence-corrected chi connectivity index (χ2v) is 6.42. The number of amides is 2. The lowest BCUT2D eigenvalue weighted by atomic mass is 9.85. The zero-order valence-electron chi connectivity index (χ0n) is 13.9. The van der Waals surface area contributed by atoms with Crippen molar-refractivity contribution in [2.45, 2.75) is 58.0 Å². The van der Waals surface area contributed by atoms with Crippen LogP contribution in [0.4, 0.5) is 4.79 Å². The molecule has 1 aromatic rings. The van der Waals surface area contributed by atoms with E-state index in [0.717, 1.165) is 43.5 Å². The SMILES string of the molecule is Cc1nn(C)c(C)c1CCNC(=O)NCC1(O)CCCCC1. The number of nitrogens with one attached hydrogen (secondary N) is 2. The van der Waals surface area contributed by atoms with E-state index in [0.29, 0.717) is 13.1 Å². The van der Waals surface area contributed by atoms with Gasteiger partial charge in [-0.1, -0.05) is 19.3 Å². The van der Waals surface area contributed by atoms with Crippen LogP contribution in [0, 0.1) is 13.8 Å². The molecule has 0 aliphatic heterocycles. The van der Waals surface area contributed by atoms with E-state index in [-0.39, 0.29) is 6.03 Å². The van der Waals surface area contributed by atoms with Crippen LogP contribution in [0.2, 0.25) is 0 Å². The number of aryl methyl sites for hydroxylation is 2. The molecule has 0 bridgehead atoms. The number of carbonyl (C=O) groups excluding carboxylic acids is 1. The Morgan fingerprint density at radius 1 is 1.27 bits per heavy atom. The summed E-state index contributed by atoms with van der Waals surface area (Å²) in [5.41, 5.74) is 2.62. The summed E-state index contributed by atoms with van der Waals surface area (Å²) in [4.78, 5) is 11.8. The first-order valence-corrected chi connectivity index (χ1v) is 8.14. The molecule has 0 aromatic carbocycles. The Morgan fingerprint density at radius 3 is 2.55 bits per heavy atom. The van der Waals surface area contributed by atoms with Gasteiger partial charge in [0.1, 0.15) is 0 Å². The van der Waals surface area contributed by atoms with Gasteiger partial charge in [-0.05, 0) is 38.7 Å². The minimum absolute atomic E-state index is 0.210. The van der Waals surface area contributed by atoms with Gasteiger partial charge in [0, 0.05) is 25.8 Å². The summed E-state index contributed by atoms with van der Waals surface area (Å²) in [7, 11) is 1.93. The predicted molar refractivity (Wildman–Crippen MR) is 85.8 cm³/mol. The lowest BCUT2D eigenvalue weighted by Gasteiger charge is -2.32. The van der Waals surface area contributed by atoms with E-state index >= 15 is 0 Å². The van der Waals surface area contributed by atoms with Gasteiger partial charge < -0.3 is 15.7 Å². The minimum Gasteiger partial charge on any atom is -0.388 e. The molecule has 1 aliphatic carbocycles. The molecule has 0 saturated heterocycles. The standard InChI is InChI=1S/C16H28N4O2/c1-12-14(13(2)20(3)19-12)7-10-17-15(21)18-11-16(22)8-5-4-6-9-16/h22H,4-11H2,1-3H3,(H2,17,18,21). The van der Waals surface area contributed by atoms with Gasteiger partial charge in [0.2, 0.25) is 0 Å². The van der Waals surface area contributed by atoms with Crippen LogP contribution in [0.1, 0.15) is 49.1 Å². The monoisotopic (exact) mass is 308 g/mol. The Hall–Kier alpha value is -1.56. The molecule has 1 saturated carbocycles. The van der Waals surface area contributed by atoms with E-state index in [9.17, 15) is 9.90 Å². The number of hydrogen-bond acceptors (Lipinski definition) is 3. The van der Waals surface area contributed by atoms with Crippen molar-refractivity contribution in [2.75, 3.05) is 13.1 Å². The lowest BCUT2D eigenvalue weighted by Crippen LogP contribution is -2.47. The van der Waals surface area contributed by atoms with E-state index in [4.69, 9.17) is 0 Å². The zero-order valence-corrected chi connectivity index (χ0v) is 13.9. The molecule has 124 valence electrons. The smallest absolute Gasteiger partial charge is 0.314 e. The molecule has 6 heteroatoms. The average molecular weight is 308 g/mol. The van der Waals surface area contributed by atoms with E-state index < -0.39 is 5.60 Å². The van der Waals surface area contributed by atoms with Crippen molar-refractivity contribution in [3.63, 3.8) is 0 Å². The third-order valence-electron chi connectivity index (χ3n) is 4.68. The van der Waals surface area contributed by atoms with Gasteiger partial charge >= 0.3 is 6.03 Å². The predicted octanol–water partition coefficient (Wildman–Crippen LogP) is 1.57. The maximum atomic E-state index is 11.8. The molecule has 0 atom stereocenters. The minimum atomic E-state index is -0.716. The van der Waals surface area contributed by atoms with Crippen LogP contribution in [-0.2, 0) is 13.5 Å². The van der Waals surface area contributed by atoms with Gasteiger partial charge in [-0.15, -0.1) is 0 Å². The summed E-state index contributed by atoms with van der Waals surface area (Å²) in [6.45, 7) is 4.93. The number of nitrogens with zero attached hydrogens (tertiary/aromatic N) is 2. The van der Waals surface area contributed by atoms with Crippen LogP contribution >= 0.6 is 0 Å². The molecule has 6 nitrogen and oxygen atoms in total. The Kier molecular flexibility index (Phi) is 5.45. The van der Waals surface area contributed by atoms with Crippen molar-refractivity contribution in [1.82, 2.24) is 20.4 Å². The molecule has 2 rings (SSSR count). The van der Waals surface area contributed by atoms with Crippen molar-refractivity contribution in [3.8, 4) is 0 Å². The maximum Gasteiger partial charge on any atom is 0.314 e. The van der Waals surface area contributed by atoms with Crippen LogP contribution in [0.25, 0.3) is 0 Å². The van der Waals surface area contributed by atoms with Crippen molar-refractivity contribution in [1.29, 1.82) is 0 Å². The summed E-state index contributed by atoms with van der Waals surface area (Å²) < 4.78 is 1.86. The van der Waals surface area contributed by atoms with Crippen LogP contribution in [0.3, 0.4) is 0 Å². The lowest BCUT2D eigenvalue weighted by molar-refractivity contribution is 0.00720. The molecule has 2 amide bonds. The molecule has 1 aromatic heterocycles. The van der Waals surface area contributed by atoms with Gasteiger partial charge in [-0.25, -0.2) is 4.79 Å². The summed E-state index contributed by atoms with van der Waals surface area (Å²) in [5.74, 6) is 0. The van der Waals surface area contributed by atoms with Crippen LogP contribution in [0.15, 0.2) is 0 Å². The van der Waals surface area contributed by atoms with Gasteiger partial charge in [0.15, 0.2) is 0 Å². The fourth-order valence-corrected chi connectivity index (χ4v) is 3.17. The molecule has 1 fully saturated rings. The molecule has 0 unspecified atom stereocenters. The quantitative estimate of drug-likeness (QED) is 0.772. The van der Waals surface area contributed by atoms with E-state index in [1.807, 2.05) is 25.6 Å². The van der Waals surface area contributed by atoms with Gasteiger partial charge in [0.25, 0.3) is 0 Å². The summed E-state index contributed by atoms with van der Waals surface area (Å²) >= 11 is 0. The zero-order chi connectivity index (χ0) is 16.2. The number of aromatic nitrogens is 2. The van der Waals surface area contributed by atoms with Gasteiger partial charge in [-0.3, -0.25) is 4.68 Å². The number of aliphatic hydroxyl groups is 1. The third-order valence-corrected chi connectivity index (χ3v) is 4.68. The Labute approximate surface area is 132 Å². The van der Waals surface area contributed by atoms with Crippen LogP contribution in [0.5, 0.6) is 0 Å². The molecule has 22 heavy (non-hydrogen) atoms. The van der Waals surface area contributed by atoms with Crippen molar-refractivity contribution >= 4 is 6.03 Å². The summed E-state index contributed by atoms with van der Waals surface area (Å²) in [6, 6.07) is -0.210. The Bertz CT molecular complexity index is 518. The molecule has 0 radical (unpaired) electrons. The number of hydrogen-bond donors (Lipinski definition) is 3. The summed E-state index contributed by atoms with van der Waals surface area (Å²) in [6.07, 6.45) is 5.59. The largest absolute Gasteiger partial charge is 0.388 e. The highest BCUT2D eigenvalue weighted by molar-refractivity contribution is 5.73. The first kappa shape index (κ1) is 16.8. The van der Waals surface area contributed by atoms with Crippen LogP contribution in [-0.4, -0.2) is 39.6 Å². The number of urea groups is 1. The van der Waals surface area contributed by atoms with Crippen molar-refractivity contribution < 1.29 is 9.90 Å². The highest BCUT2D eigenvalue weighted by atomic mass is 16.3. The fourth-order valence-electron chi connectivity index (χ4n) is 3.17. The molecule has 0 spiro atoms. The first-order valence-electron chi connectivity index (χ1n) is 8.14. The van der Waals surface area contributed by atoms with Crippen molar-refractivity contribution in [2.24, 2.45) is 7.05 Å². The molecule has 1 heterocycles. The highest BCUT2D eigenvalue weighted by Gasteiger charge is 2.29. The van der Waals surface area contributed by atoms with Gasteiger partial charge in [-0.2, -0.15) is 5.10 Å². The maximum absolute atomic E-state index is 11.8. The topological polar surface area (TPSA) is 79.2 Å². The fraction of sp³-hybridized carbons (Fsp3) is 0.750. The second-order valence-electron chi connectivity index (χ2n) is 6.42. The number of rotatable bonds is 5. The first-order chi connectivity index (χ1) is 10.4. The highest BCUT2D eigenvalue weighted by Crippen LogP contribution is 2.27.